The van der Waals surface area contributed by atoms with Gasteiger partial charge in [0.25, 0.3) is 5.91 Å². The van der Waals surface area contributed by atoms with Crippen molar-refractivity contribution in [3.05, 3.63) is 23.3 Å². The number of carbonyl (C=O) groups is 1. The lowest BCUT2D eigenvalue weighted by atomic mass is 10.1. The Balaban J connectivity index is 2.20. The second-order valence-electron chi connectivity index (χ2n) is 4.68. The number of hydrogen-bond donors (Lipinski definition) is 3. The first-order chi connectivity index (χ1) is 8.99. The highest BCUT2D eigenvalue weighted by Gasteiger charge is 2.18. The number of pyridine rings is 1. The van der Waals surface area contributed by atoms with Crippen molar-refractivity contribution < 1.29 is 9.90 Å². The van der Waals surface area contributed by atoms with Crippen molar-refractivity contribution >= 4 is 33.0 Å². The van der Waals surface area contributed by atoms with Crippen LogP contribution in [0.25, 0.3) is 10.1 Å². The van der Waals surface area contributed by atoms with E-state index in [0.29, 0.717) is 17.0 Å². The van der Waals surface area contributed by atoms with Gasteiger partial charge in [0.1, 0.15) is 4.88 Å². The number of fused-ring (bicyclic) bond motifs is 1. The molecule has 0 aliphatic heterocycles. The Morgan fingerprint density at radius 3 is 2.95 bits per heavy atom. The Kier molecular flexibility index (Phi) is 4.01. The summed E-state index contributed by atoms with van der Waals surface area (Å²) in [4.78, 5) is 16.7. The van der Waals surface area contributed by atoms with Crippen LogP contribution in [0.2, 0.25) is 0 Å². The molecule has 2 atom stereocenters. The normalized spacial score (nSPS) is 14.3. The second kappa shape index (κ2) is 5.54. The zero-order chi connectivity index (χ0) is 14.0. The molecule has 5 nitrogen and oxygen atoms in total. The molecule has 0 bridgehead atoms. The van der Waals surface area contributed by atoms with Crippen LogP contribution in [0.5, 0.6) is 0 Å². The molecule has 0 aromatic carbocycles. The zero-order valence-corrected chi connectivity index (χ0v) is 11.7. The molecular weight excluding hydrogens is 262 g/mol. The van der Waals surface area contributed by atoms with Crippen LogP contribution in [0.3, 0.4) is 0 Å². The molecule has 0 saturated carbocycles. The van der Waals surface area contributed by atoms with Crippen molar-refractivity contribution in [1.29, 1.82) is 0 Å². The summed E-state index contributed by atoms with van der Waals surface area (Å²) in [5, 5.41) is 13.0. The van der Waals surface area contributed by atoms with Gasteiger partial charge in [0.2, 0.25) is 0 Å². The molecule has 0 fully saturated rings. The molecule has 0 radical (unpaired) electrons. The highest BCUT2D eigenvalue weighted by molar-refractivity contribution is 7.21. The van der Waals surface area contributed by atoms with Gasteiger partial charge in [0.05, 0.1) is 16.5 Å². The number of nitrogens with one attached hydrogen (secondary N) is 1. The van der Waals surface area contributed by atoms with Gasteiger partial charge in [-0.1, -0.05) is 0 Å². The van der Waals surface area contributed by atoms with Crippen LogP contribution in [-0.2, 0) is 0 Å². The summed E-state index contributed by atoms with van der Waals surface area (Å²) in [6, 6.07) is 1.70. The smallest absolute Gasteiger partial charge is 0.263 e. The number of aliphatic hydroxyl groups is 1. The third-order valence-corrected chi connectivity index (χ3v) is 3.96. The lowest BCUT2D eigenvalue weighted by Gasteiger charge is -2.14. The van der Waals surface area contributed by atoms with Crippen molar-refractivity contribution in [2.75, 3.05) is 5.73 Å². The fraction of sp³-hybridized carbons (Fsp3) is 0.385. The topological polar surface area (TPSA) is 88.2 Å². The van der Waals surface area contributed by atoms with E-state index in [9.17, 15) is 9.90 Å². The van der Waals surface area contributed by atoms with E-state index < -0.39 is 6.10 Å². The molecule has 6 heteroatoms. The standard InChI is InChI=1S/C13H17N3O2S/c1-7(5-8(2)17)16-13(18)12-11(14)9-3-4-15-6-10(9)19-12/h3-4,6-8,17H,5,14H2,1-2H3,(H,16,18). The lowest BCUT2D eigenvalue weighted by molar-refractivity contribution is 0.0928. The average molecular weight is 279 g/mol. The summed E-state index contributed by atoms with van der Waals surface area (Å²) in [7, 11) is 0. The number of nitrogens with two attached hydrogens (primary N) is 1. The molecule has 19 heavy (non-hydrogen) atoms. The number of thiophene rings is 1. The van der Waals surface area contributed by atoms with E-state index in [1.165, 1.54) is 11.3 Å². The number of aromatic nitrogens is 1. The Labute approximate surface area is 115 Å². The molecule has 0 aliphatic rings. The minimum Gasteiger partial charge on any atom is -0.397 e. The summed E-state index contributed by atoms with van der Waals surface area (Å²) in [5.41, 5.74) is 6.48. The predicted octanol–water partition coefficient (Wildman–Crippen LogP) is 1.77. The summed E-state index contributed by atoms with van der Waals surface area (Å²) in [6.07, 6.45) is 3.42. The molecule has 2 rings (SSSR count). The molecular formula is C13H17N3O2S. The first-order valence-corrected chi connectivity index (χ1v) is 6.91. The van der Waals surface area contributed by atoms with Crippen LogP contribution in [0.4, 0.5) is 5.69 Å². The van der Waals surface area contributed by atoms with Gasteiger partial charge >= 0.3 is 0 Å². The largest absolute Gasteiger partial charge is 0.397 e. The number of nitrogens with zero attached hydrogens (tertiary/aromatic N) is 1. The van der Waals surface area contributed by atoms with Gasteiger partial charge in [-0.2, -0.15) is 0 Å². The van der Waals surface area contributed by atoms with Gasteiger partial charge in [0.15, 0.2) is 0 Å². The average Bonchev–Trinajstić information content (AvgIpc) is 2.66. The molecule has 2 aromatic rings. The number of hydrogen-bond acceptors (Lipinski definition) is 5. The van der Waals surface area contributed by atoms with Gasteiger partial charge in [0, 0.05) is 23.8 Å². The Morgan fingerprint density at radius 2 is 2.32 bits per heavy atom. The van der Waals surface area contributed by atoms with Crippen molar-refractivity contribution in [2.45, 2.75) is 32.4 Å². The fourth-order valence-electron chi connectivity index (χ4n) is 2.00. The molecule has 2 unspecified atom stereocenters. The molecule has 2 heterocycles. The second-order valence-corrected chi connectivity index (χ2v) is 5.73. The minimum absolute atomic E-state index is 0.102. The molecule has 0 aliphatic carbocycles. The fourth-order valence-corrected chi connectivity index (χ4v) is 2.99. The van der Waals surface area contributed by atoms with Gasteiger partial charge in [-0.15, -0.1) is 11.3 Å². The maximum atomic E-state index is 12.1. The van der Waals surface area contributed by atoms with Gasteiger partial charge in [-0.25, -0.2) is 0 Å². The Bertz CT molecular complexity index is 595. The highest BCUT2D eigenvalue weighted by atomic mass is 32.1. The van der Waals surface area contributed by atoms with Crippen molar-refractivity contribution in [3.8, 4) is 0 Å². The SMILES string of the molecule is CC(O)CC(C)NC(=O)c1sc2cnccc2c1N. The minimum atomic E-state index is -0.445. The Morgan fingerprint density at radius 1 is 1.58 bits per heavy atom. The summed E-state index contributed by atoms with van der Waals surface area (Å²) < 4.78 is 0.897. The van der Waals surface area contributed by atoms with E-state index in [4.69, 9.17) is 5.73 Å². The molecule has 0 spiro atoms. The van der Waals surface area contributed by atoms with Gasteiger partial charge in [-0.05, 0) is 26.3 Å². The van der Waals surface area contributed by atoms with Crippen LogP contribution < -0.4 is 11.1 Å². The summed E-state index contributed by atoms with van der Waals surface area (Å²) in [6.45, 7) is 3.55. The molecule has 2 aromatic heterocycles. The number of amides is 1. The van der Waals surface area contributed by atoms with Gasteiger partial charge in [-0.3, -0.25) is 9.78 Å². The van der Waals surface area contributed by atoms with Crippen molar-refractivity contribution in [1.82, 2.24) is 10.3 Å². The van der Waals surface area contributed by atoms with E-state index in [1.54, 1.807) is 25.4 Å². The number of rotatable bonds is 4. The predicted molar refractivity (Wildman–Crippen MR) is 77.3 cm³/mol. The van der Waals surface area contributed by atoms with Crippen LogP contribution in [-0.4, -0.2) is 28.1 Å². The monoisotopic (exact) mass is 279 g/mol. The Hall–Kier alpha value is -1.66. The molecule has 4 N–H and O–H groups in total. The maximum Gasteiger partial charge on any atom is 0.263 e. The van der Waals surface area contributed by atoms with Crippen LogP contribution >= 0.6 is 11.3 Å². The number of aliphatic hydroxyl groups excluding tert-OH is 1. The van der Waals surface area contributed by atoms with Crippen LogP contribution in [0.15, 0.2) is 18.5 Å². The van der Waals surface area contributed by atoms with Crippen molar-refractivity contribution in [2.24, 2.45) is 0 Å². The number of carbonyl (C=O) groups excluding carboxylic acids is 1. The van der Waals surface area contributed by atoms with E-state index in [0.717, 1.165) is 10.1 Å². The van der Waals surface area contributed by atoms with E-state index in [2.05, 4.69) is 10.3 Å². The quantitative estimate of drug-likeness (QED) is 0.796. The molecule has 102 valence electrons. The van der Waals surface area contributed by atoms with Crippen molar-refractivity contribution in [3.63, 3.8) is 0 Å². The van der Waals surface area contributed by atoms with E-state index >= 15 is 0 Å². The van der Waals surface area contributed by atoms with Crippen LogP contribution in [0, 0.1) is 0 Å². The van der Waals surface area contributed by atoms with E-state index in [1.807, 2.05) is 6.92 Å². The third kappa shape index (κ3) is 3.02. The number of anilines is 1. The lowest BCUT2D eigenvalue weighted by Crippen LogP contribution is -2.34. The molecule has 0 saturated heterocycles. The third-order valence-electron chi connectivity index (χ3n) is 2.81. The van der Waals surface area contributed by atoms with E-state index in [-0.39, 0.29) is 11.9 Å². The highest BCUT2D eigenvalue weighted by Crippen LogP contribution is 2.32. The van der Waals surface area contributed by atoms with Crippen LogP contribution in [0.1, 0.15) is 29.9 Å². The number of nitrogen functional groups attached to an aromatic ring is 1. The zero-order valence-electron chi connectivity index (χ0n) is 10.9. The molecule has 1 amide bonds. The maximum absolute atomic E-state index is 12.1. The van der Waals surface area contributed by atoms with Gasteiger partial charge < -0.3 is 16.2 Å². The first kappa shape index (κ1) is 13.8. The summed E-state index contributed by atoms with van der Waals surface area (Å²) >= 11 is 1.33. The summed E-state index contributed by atoms with van der Waals surface area (Å²) in [5.74, 6) is -0.202. The first-order valence-electron chi connectivity index (χ1n) is 6.10.